The molecule has 2 heteroatoms. The summed E-state index contributed by atoms with van der Waals surface area (Å²) in [6.07, 6.45) is 3.67. The first-order valence-electron chi connectivity index (χ1n) is 6.89. The Labute approximate surface area is 105 Å². The number of benzene rings is 1. The molecule has 0 amide bonds. The number of hydrogen-bond acceptors (Lipinski definition) is 2. The second-order valence-corrected chi connectivity index (χ2v) is 4.92. The van der Waals surface area contributed by atoms with E-state index in [4.69, 9.17) is 0 Å². The van der Waals surface area contributed by atoms with Gasteiger partial charge >= 0.3 is 0 Å². The number of anilines is 2. The van der Waals surface area contributed by atoms with Gasteiger partial charge in [-0.2, -0.15) is 0 Å². The predicted octanol–water partition coefficient (Wildman–Crippen LogP) is 3.67. The maximum absolute atomic E-state index is 3.47. The van der Waals surface area contributed by atoms with Crippen molar-refractivity contribution >= 4 is 11.4 Å². The lowest BCUT2D eigenvalue weighted by atomic mass is 10.0. The molecule has 0 saturated heterocycles. The minimum absolute atomic E-state index is 0.620. The van der Waals surface area contributed by atoms with Crippen molar-refractivity contribution in [3.05, 3.63) is 23.8 Å². The molecule has 2 rings (SSSR count). The normalized spacial score (nSPS) is 15.9. The van der Waals surface area contributed by atoms with Crippen LogP contribution < -0.4 is 10.2 Å². The molecule has 1 aliphatic heterocycles. The summed E-state index contributed by atoms with van der Waals surface area (Å²) in [6.45, 7) is 9.01. The van der Waals surface area contributed by atoms with Crippen molar-refractivity contribution in [3.63, 3.8) is 0 Å². The van der Waals surface area contributed by atoms with E-state index in [1.54, 1.807) is 0 Å². The highest BCUT2D eigenvalue weighted by Crippen LogP contribution is 2.28. The summed E-state index contributed by atoms with van der Waals surface area (Å²) in [6, 6.07) is 7.49. The minimum Gasteiger partial charge on any atom is -0.385 e. The second kappa shape index (κ2) is 5.44. The Bertz CT molecular complexity index is 373. The SMILES string of the molecule is CCC(C)N(CC)c1ccc2c(c1)CCCN2. The van der Waals surface area contributed by atoms with E-state index in [2.05, 4.69) is 49.2 Å². The lowest BCUT2D eigenvalue weighted by Gasteiger charge is -2.31. The summed E-state index contributed by atoms with van der Waals surface area (Å²) in [5.74, 6) is 0. The molecular formula is C15H24N2. The Morgan fingerprint density at radius 2 is 2.18 bits per heavy atom. The molecule has 1 heterocycles. The molecule has 17 heavy (non-hydrogen) atoms. The van der Waals surface area contributed by atoms with Gasteiger partial charge in [0.25, 0.3) is 0 Å². The van der Waals surface area contributed by atoms with Crippen LogP contribution in [0.25, 0.3) is 0 Å². The molecule has 0 fully saturated rings. The van der Waals surface area contributed by atoms with Gasteiger partial charge in [0.2, 0.25) is 0 Å². The summed E-state index contributed by atoms with van der Waals surface area (Å²) in [5.41, 5.74) is 4.19. The molecule has 2 nitrogen and oxygen atoms in total. The molecule has 0 aliphatic carbocycles. The molecule has 1 aromatic carbocycles. The lowest BCUT2D eigenvalue weighted by molar-refractivity contribution is 0.629. The maximum Gasteiger partial charge on any atom is 0.0374 e. The van der Waals surface area contributed by atoms with Gasteiger partial charge < -0.3 is 10.2 Å². The Balaban J connectivity index is 2.25. The van der Waals surface area contributed by atoms with Crippen molar-refractivity contribution in [1.29, 1.82) is 0 Å². The summed E-state index contributed by atoms with van der Waals surface area (Å²) in [4.78, 5) is 2.49. The number of aryl methyl sites for hydroxylation is 1. The van der Waals surface area contributed by atoms with Crippen molar-refractivity contribution in [2.45, 2.75) is 46.1 Å². The Hall–Kier alpha value is -1.18. The van der Waals surface area contributed by atoms with Gasteiger partial charge in [0.1, 0.15) is 0 Å². The van der Waals surface area contributed by atoms with E-state index >= 15 is 0 Å². The molecule has 0 saturated carbocycles. The average Bonchev–Trinajstić information content (AvgIpc) is 2.39. The third-order valence-corrected chi connectivity index (χ3v) is 3.82. The van der Waals surface area contributed by atoms with E-state index in [1.807, 2.05) is 0 Å². The van der Waals surface area contributed by atoms with Crippen LogP contribution in [0, 0.1) is 0 Å². The van der Waals surface area contributed by atoms with Crippen LogP contribution in [0.5, 0.6) is 0 Å². The highest BCUT2D eigenvalue weighted by molar-refractivity contribution is 5.62. The number of nitrogens with zero attached hydrogens (tertiary/aromatic N) is 1. The van der Waals surface area contributed by atoms with Gasteiger partial charge in [-0.3, -0.25) is 0 Å². The summed E-state index contributed by atoms with van der Waals surface area (Å²) >= 11 is 0. The Morgan fingerprint density at radius 3 is 2.88 bits per heavy atom. The van der Waals surface area contributed by atoms with E-state index in [9.17, 15) is 0 Å². The number of hydrogen-bond donors (Lipinski definition) is 1. The highest BCUT2D eigenvalue weighted by Gasteiger charge is 2.14. The smallest absolute Gasteiger partial charge is 0.0374 e. The van der Waals surface area contributed by atoms with Crippen LogP contribution in [0.2, 0.25) is 0 Å². The molecule has 0 spiro atoms. The fourth-order valence-electron chi connectivity index (χ4n) is 2.61. The second-order valence-electron chi connectivity index (χ2n) is 4.92. The number of fused-ring (bicyclic) bond motifs is 1. The Morgan fingerprint density at radius 1 is 1.35 bits per heavy atom. The van der Waals surface area contributed by atoms with E-state index in [0.717, 1.165) is 13.1 Å². The average molecular weight is 232 g/mol. The van der Waals surface area contributed by atoms with Crippen LogP contribution in [-0.4, -0.2) is 19.1 Å². The Kier molecular flexibility index (Phi) is 3.93. The third-order valence-electron chi connectivity index (χ3n) is 3.82. The zero-order valence-electron chi connectivity index (χ0n) is 11.3. The van der Waals surface area contributed by atoms with Crippen molar-refractivity contribution in [3.8, 4) is 0 Å². The minimum atomic E-state index is 0.620. The van der Waals surface area contributed by atoms with E-state index in [1.165, 1.54) is 36.2 Å². The van der Waals surface area contributed by atoms with E-state index in [-0.39, 0.29) is 0 Å². The van der Waals surface area contributed by atoms with Crippen LogP contribution in [0.3, 0.4) is 0 Å². The van der Waals surface area contributed by atoms with Gasteiger partial charge in [0.15, 0.2) is 0 Å². The van der Waals surface area contributed by atoms with Crippen LogP contribution in [-0.2, 0) is 6.42 Å². The van der Waals surface area contributed by atoms with Gasteiger partial charge in [0, 0.05) is 30.5 Å². The monoisotopic (exact) mass is 232 g/mol. The van der Waals surface area contributed by atoms with Crippen LogP contribution in [0.1, 0.15) is 39.2 Å². The van der Waals surface area contributed by atoms with Crippen molar-refractivity contribution in [1.82, 2.24) is 0 Å². The van der Waals surface area contributed by atoms with Crippen LogP contribution >= 0.6 is 0 Å². The van der Waals surface area contributed by atoms with Crippen LogP contribution in [0.15, 0.2) is 18.2 Å². The van der Waals surface area contributed by atoms with Crippen molar-refractivity contribution < 1.29 is 0 Å². The molecule has 1 N–H and O–H groups in total. The topological polar surface area (TPSA) is 15.3 Å². The first-order chi connectivity index (χ1) is 8.26. The number of nitrogens with one attached hydrogen (secondary N) is 1. The van der Waals surface area contributed by atoms with Gasteiger partial charge in [-0.15, -0.1) is 0 Å². The van der Waals surface area contributed by atoms with E-state index < -0.39 is 0 Å². The number of rotatable bonds is 4. The quantitative estimate of drug-likeness (QED) is 0.852. The molecule has 1 atom stereocenters. The summed E-state index contributed by atoms with van der Waals surface area (Å²) in [7, 11) is 0. The van der Waals surface area contributed by atoms with Crippen molar-refractivity contribution in [2.24, 2.45) is 0 Å². The summed E-state index contributed by atoms with van der Waals surface area (Å²) < 4.78 is 0. The molecule has 1 unspecified atom stereocenters. The lowest BCUT2D eigenvalue weighted by Crippen LogP contribution is -2.32. The zero-order valence-corrected chi connectivity index (χ0v) is 11.3. The zero-order chi connectivity index (χ0) is 12.3. The van der Waals surface area contributed by atoms with E-state index in [0.29, 0.717) is 6.04 Å². The van der Waals surface area contributed by atoms with Crippen LogP contribution in [0.4, 0.5) is 11.4 Å². The first-order valence-corrected chi connectivity index (χ1v) is 6.89. The highest BCUT2D eigenvalue weighted by atomic mass is 15.1. The fraction of sp³-hybridized carbons (Fsp3) is 0.600. The molecule has 0 bridgehead atoms. The fourth-order valence-corrected chi connectivity index (χ4v) is 2.61. The molecule has 0 aromatic heterocycles. The first kappa shape index (κ1) is 12.3. The third kappa shape index (κ3) is 2.56. The molecular weight excluding hydrogens is 208 g/mol. The molecule has 1 aromatic rings. The van der Waals surface area contributed by atoms with Gasteiger partial charge in [-0.05, 0) is 56.9 Å². The van der Waals surface area contributed by atoms with Crippen molar-refractivity contribution in [2.75, 3.05) is 23.3 Å². The van der Waals surface area contributed by atoms with Gasteiger partial charge in [-0.25, -0.2) is 0 Å². The predicted molar refractivity (Wildman–Crippen MR) is 76.0 cm³/mol. The molecule has 94 valence electrons. The standard InChI is InChI=1S/C15H24N2/c1-4-12(3)17(5-2)14-8-9-15-13(11-14)7-6-10-16-15/h8-9,11-12,16H,4-7,10H2,1-3H3. The summed E-state index contributed by atoms with van der Waals surface area (Å²) in [5, 5.41) is 3.47. The maximum atomic E-state index is 3.47. The largest absolute Gasteiger partial charge is 0.385 e. The van der Waals surface area contributed by atoms with Gasteiger partial charge in [-0.1, -0.05) is 6.92 Å². The molecule has 0 radical (unpaired) electrons. The molecule has 1 aliphatic rings. The van der Waals surface area contributed by atoms with Gasteiger partial charge in [0.05, 0.1) is 0 Å².